The van der Waals surface area contributed by atoms with Gasteiger partial charge >= 0.3 is 64.1 Å². The lowest BCUT2D eigenvalue weighted by Crippen LogP contribution is -3.10. The minimum Gasteiger partial charge on any atom is -0.436 e. The molecule has 30 heavy (non-hydrogen) atoms. The number of hydrogen-bond acceptors (Lipinski definition) is 2. The van der Waals surface area contributed by atoms with Crippen LogP contribution in [0.4, 0.5) is 65.9 Å². The molecule has 4 fully saturated rings. The lowest BCUT2D eigenvalue weighted by atomic mass is 9.40. The van der Waals surface area contributed by atoms with Crippen LogP contribution in [0.15, 0.2) is 12.7 Å². The van der Waals surface area contributed by atoms with E-state index in [0.717, 1.165) is 0 Å². The second-order valence-corrected chi connectivity index (χ2v) is 6.73. The van der Waals surface area contributed by atoms with Crippen molar-refractivity contribution in [1.29, 1.82) is 0 Å². The van der Waals surface area contributed by atoms with E-state index in [0.29, 0.717) is 0 Å². The molecule has 4 saturated carbocycles. The molecule has 0 saturated heterocycles. The highest BCUT2D eigenvalue weighted by atomic mass is 19.3. The summed E-state index contributed by atoms with van der Waals surface area (Å²) in [6, 6.07) is 0. The van der Waals surface area contributed by atoms with Crippen LogP contribution in [0.25, 0.3) is 0 Å². The molecule has 4 rings (SSSR count). The largest absolute Gasteiger partial charge is 0.436 e. The molecule has 4 bridgehead atoms. The van der Waals surface area contributed by atoms with Gasteiger partial charge in [-0.05, 0) is 0 Å². The summed E-state index contributed by atoms with van der Waals surface area (Å²) in [4.78, 5) is 11.1. The Hall–Kier alpha value is -1.84. The number of carbonyl (C=O) groups is 1. The molecule has 0 atom stereocenters. The summed E-state index contributed by atoms with van der Waals surface area (Å²) in [5.74, 6) is -49.9. The van der Waals surface area contributed by atoms with E-state index in [1.54, 1.807) is 0 Å². The molecule has 0 amide bonds. The Bertz CT molecular complexity index is 747. The first-order valence-corrected chi connectivity index (χ1v) is 7.14. The van der Waals surface area contributed by atoms with Crippen LogP contribution >= 0.6 is 0 Å². The average molecular weight is 476 g/mol. The Morgan fingerprint density at radius 2 is 0.767 bits per heavy atom. The summed E-state index contributed by atoms with van der Waals surface area (Å²) in [5, 5.41) is 0. The third-order valence-electron chi connectivity index (χ3n) is 5.64. The number of carbonyl (C=O) groups excluding carboxylic acids is 1. The van der Waals surface area contributed by atoms with Crippen molar-refractivity contribution in [3.05, 3.63) is 12.7 Å². The van der Waals surface area contributed by atoms with E-state index in [1.807, 2.05) is 0 Å². The van der Waals surface area contributed by atoms with Crippen molar-refractivity contribution in [3.63, 3.8) is 0 Å². The molecule has 0 unspecified atom stereocenters. The standard InChI is InChI=1S/C13H3F15O2/c1-2-3(29)30-7-11(23,24)4(14)8(17,18)5(15,12(7,25)26)10(21,22)6(16,9(4,19)20)13(7,27)28/h2H,1H2. The molecule has 4 aliphatic rings. The summed E-state index contributed by atoms with van der Waals surface area (Å²) < 4.78 is 217. The Labute approximate surface area is 153 Å². The first kappa shape index (κ1) is 22.8. The van der Waals surface area contributed by atoms with Crippen molar-refractivity contribution in [2.45, 2.75) is 58.1 Å². The van der Waals surface area contributed by atoms with Crippen LogP contribution in [-0.2, 0) is 9.53 Å². The highest BCUT2D eigenvalue weighted by molar-refractivity contribution is 5.82. The van der Waals surface area contributed by atoms with Gasteiger partial charge in [-0.1, -0.05) is 6.58 Å². The van der Waals surface area contributed by atoms with E-state index in [-0.39, 0.29) is 0 Å². The van der Waals surface area contributed by atoms with E-state index < -0.39 is 70.2 Å². The SMILES string of the molecule is C=CC(=O)OC12C(F)(F)C3(F)C(F)(F)C(F)(C(F)(F)C(F)(C3(F)F)C1(F)F)C2(F)F. The fourth-order valence-corrected chi connectivity index (χ4v) is 4.19. The maximum absolute atomic E-state index is 14.6. The number of hydrogen-bond donors (Lipinski definition) is 0. The van der Waals surface area contributed by atoms with Gasteiger partial charge in [0.1, 0.15) is 0 Å². The molecular formula is C13H3F15O2. The molecule has 0 aromatic carbocycles. The van der Waals surface area contributed by atoms with Crippen molar-refractivity contribution in [2.24, 2.45) is 0 Å². The van der Waals surface area contributed by atoms with Gasteiger partial charge in [0.25, 0.3) is 0 Å². The molecule has 0 aliphatic heterocycles. The number of alkyl halides is 15. The normalized spacial score (nSPS) is 47.6. The monoisotopic (exact) mass is 476 g/mol. The first-order chi connectivity index (χ1) is 13.0. The quantitative estimate of drug-likeness (QED) is 0.335. The molecule has 0 heterocycles. The lowest BCUT2D eigenvalue weighted by Gasteiger charge is -2.74. The number of ether oxygens (including phenoxy) is 1. The van der Waals surface area contributed by atoms with Gasteiger partial charge in [0.15, 0.2) is 0 Å². The van der Waals surface area contributed by atoms with Crippen molar-refractivity contribution in [2.75, 3.05) is 0 Å². The third kappa shape index (κ3) is 1.29. The van der Waals surface area contributed by atoms with Gasteiger partial charge in [0, 0.05) is 6.08 Å². The highest BCUT2D eigenvalue weighted by Gasteiger charge is 3.24. The zero-order chi connectivity index (χ0) is 24.0. The maximum atomic E-state index is 14.6. The van der Waals surface area contributed by atoms with Gasteiger partial charge in [-0.3, -0.25) is 0 Å². The van der Waals surface area contributed by atoms with E-state index in [9.17, 15) is 70.7 Å². The van der Waals surface area contributed by atoms with E-state index >= 15 is 0 Å². The van der Waals surface area contributed by atoms with Crippen LogP contribution in [0.1, 0.15) is 0 Å². The van der Waals surface area contributed by atoms with E-state index in [2.05, 4.69) is 11.3 Å². The van der Waals surface area contributed by atoms with Crippen LogP contribution in [-0.4, -0.2) is 64.1 Å². The molecule has 0 aromatic rings. The minimum atomic E-state index is -7.91. The molecule has 0 N–H and O–H groups in total. The van der Waals surface area contributed by atoms with Crippen LogP contribution in [0.2, 0.25) is 0 Å². The maximum Gasteiger partial charge on any atom is 0.345 e. The average Bonchev–Trinajstić information content (AvgIpc) is 2.58. The molecule has 4 aliphatic carbocycles. The smallest absolute Gasteiger partial charge is 0.345 e. The van der Waals surface area contributed by atoms with Gasteiger partial charge in [-0.25, -0.2) is 18.0 Å². The van der Waals surface area contributed by atoms with Crippen molar-refractivity contribution >= 4 is 5.97 Å². The van der Waals surface area contributed by atoms with Crippen molar-refractivity contribution < 1.29 is 75.4 Å². The Kier molecular flexibility index (Phi) is 3.55. The summed E-state index contributed by atoms with van der Waals surface area (Å²) in [6.45, 7) is 2.30. The lowest BCUT2D eigenvalue weighted by molar-refractivity contribution is -0.614. The highest BCUT2D eigenvalue weighted by Crippen LogP contribution is 2.88. The molecule has 0 radical (unpaired) electrons. The van der Waals surface area contributed by atoms with Gasteiger partial charge < -0.3 is 4.74 Å². The zero-order valence-corrected chi connectivity index (χ0v) is 13.3. The van der Waals surface area contributed by atoms with Crippen LogP contribution in [0, 0.1) is 0 Å². The summed E-state index contributed by atoms with van der Waals surface area (Å²) in [5.41, 5.74) is -30.5. The van der Waals surface area contributed by atoms with Gasteiger partial charge in [-0.15, -0.1) is 0 Å². The predicted molar refractivity (Wildman–Crippen MR) is 60.2 cm³/mol. The van der Waals surface area contributed by atoms with E-state index in [4.69, 9.17) is 0 Å². The molecule has 172 valence electrons. The Morgan fingerprint density at radius 1 is 0.533 bits per heavy atom. The molecule has 0 spiro atoms. The van der Waals surface area contributed by atoms with Gasteiger partial charge in [0.05, 0.1) is 0 Å². The third-order valence-corrected chi connectivity index (χ3v) is 5.64. The zero-order valence-electron chi connectivity index (χ0n) is 13.3. The fraction of sp³-hybridized carbons (Fsp3) is 0.769. The number of halogens is 15. The second kappa shape index (κ2) is 4.66. The van der Waals surface area contributed by atoms with Crippen LogP contribution in [0.3, 0.4) is 0 Å². The summed E-state index contributed by atoms with van der Waals surface area (Å²) in [7, 11) is 0. The fourth-order valence-electron chi connectivity index (χ4n) is 4.19. The van der Waals surface area contributed by atoms with Gasteiger partial charge in [0.2, 0.25) is 0 Å². The van der Waals surface area contributed by atoms with Crippen LogP contribution < -0.4 is 0 Å². The van der Waals surface area contributed by atoms with E-state index in [1.165, 1.54) is 0 Å². The number of rotatable bonds is 2. The molecule has 2 nitrogen and oxygen atoms in total. The molecular weight excluding hydrogens is 473 g/mol. The Morgan fingerprint density at radius 3 is 0.967 bits per heavy atom. The predicted octanol–water partition coefficient (Wildman–Crippen LogP) is 4.43. The van der Waals surface area contributed by atoms with Gasteiger partial charge in [-0.2, -0.15) is 52.7 Å². The molecule has 17 heteroatoms. The first-order valence-electron chi connectivity index (χ1n) is 7.14. The molecule has 0 aromatic heterocycles. The minimum absolute atomic E-state index is 0.573. The summed E-state index contributed by atoms with van der Waals surface area (Å²) in [6.07, 6.45) is -0.573. The van der Waals surface area contributed by atoms with Crippen molar-refractivity contribution in [1.82, 2.24) is 0 Å². The van der Waals surface area contributed by atoms with Crippen LogP contribution in [0.5, 0.6) is 0 Å². The Balaban J connectivity index is 2.71. The number of esters is 1. The van der Waals surface area contributed by atoms with Crippen molar-refractivity contribution in [3.8, 4) is 0 Å². The second-order valence-electron chi connectivity index (χ2n) is 6.73. The topological polar surface area (TPSA) is 26.3 Å². The summed E-state index contributed by atoms with van der Waals surface area (Å²) >= 11 is 0.